The van der Waals surface area contributed by atoms with Gasteiger partial charge in [0.2, 0.25) is 5.91 Å². The molecule has 3 N–H and O–H groups in total. The van der Waals surface area contributed by atoms with Gasteiger partial charge in [-0.2, -0.15) is 5.10 Å². The Morgan fingerprint density at radius 3 is 2.77 bits per heavy atom. The quantitative estimate of drug-likeness (QED) is 0.408. The number of para-hydroxylation sites is 1. The van der Waals surface area contributed by atoms with Gasteiger partial charge in [-0.1, -0.05) is 41.9 Å². The topological polar surface area (TPSA) is 83.3 Å². The van der Waals surface area contributed by atoms with E-state index in [1.807, 2.05) is 59.4 Å². The highest BCUT2D eigenvalue weighted by Gasteiger charge is 2.25. The fourth-order valence-corrected chi connectivity index (χ4v) is 3.96. The molecule has 3 aromatic rings. The Kier molecular flexibility index (Phi) is 6.52. The number of nitrogens with zero attached hydrogens (tertiary/aromatic N) is 3. The van der Waals surface area contributed by atoms with Crippen molar-refractivity contribution in [3.8, 4) is 0 Å². The molecule has 8 heteroatoms. The number of carbonyl (C=O) groups is 1. The maximum Gasteiger partial charge on any atom is 0.225 e. The standard InChI is InChI=1S/C23H25ClN6O/c1-25-23(26-14-17-13-22(31)29-20-6-3-2-5-19(17)20)27-15-21(30-12-4-11-28-30)16-7-9-18(24)10-8-16/h2-12,17,21H,13-15H2,1H3,(H,29,31)(H2,25,26,27). The molecule has 0 saturated carbocycles. The number of aliphatic imine (C=N–C) groups is 1. The predicted octanol–water partition coefficient (Wildman–Crippen LogP) is 3.42. The summed E-state index contributed by atoms with van der Waals surface area (Å²) in [4.78, 5) is 16.4. The molecule has 0 fully saturated rings. The van der Waals surface area contributed by atoms with Crippen molar-refractivity contribution in [3.63, 3.8) is 0 Å². The van der Waals surface area contributed by atoms with Crippen LogP contribution in [0.3, 0.4) is 0 Å². The van der Waals surface area contributed by atoms with Crippen molar-refractivity contribution >= 4 is 29.2 Å². The molecular weight excluding hydrogens is 412 g/mol. The number of guanidine groups is 1. The Balaban J connectivity index is 1.42. The van der Waals surface area contributed by atoms with Gasteiger partial charge < -0.3 is 16.0 Å². The molecule has 0 radical (unpaired) electrons. The monoisotopic (exact) mass is 436 g/mol. The first kappa shape index (κ1) is 20.9. The van der Waals surface area contributed by atoms with Crippen molar-refractivity contribution in [3.05, 3.63) is 83.1 Å². The van der Waals surface area contributed by atoms with E-state index in [9.17, 15) is 4.79 Å². The van der Waals surface area contributed by atoms with Crippen LogP contribution in [0, 0.1) is 0 Å². The lowest BCUT2D eigenvalue weighted by Crippen LogP contribution is -2.43. The second-order valence-electron chi connectivity index (χ2n) is 7.42. The first-order valence-corrected chi connectivity index (χ1v) is 10.6. The van der Waals surface area contributed by atoms with Crippen LogP contribution in [0.4, 0.5) is 5.69 Å². The second-order valence-corrected chi connectivity index (χ2v) is 7.86. The summed E-state index contributed by atoms with van der Waals surface area (Å²) >= 11 is 6.06. The zero-order chi connectivity index (χ0) is 21.6. The maximum absolute atomic E-state index is 12.1. The number of nitrogens with one attached hydrogen (secondary N) is 3. The summed E-state index contributed by atoms with van der Waals surface area (Å²) < 4.78 is 1.91. The number of hydrogen-bond acceptors (Lipinski definition) is 3. The Labute approximate surface area is 186 Å². The van der Waals surface area contributed by atoms with Crippen LogP contribution in [0.15, 0.2) is 72.0 Å². The number of aromatic nitrogens is 2. The van der Waals surface area contributed by atoms with Crippen molar-refractivity contribution in [2.24, 2.45) is 4.99 Å². The van der Waals surface area contributed by atoms with Gasteiger partial charge in [-0.25, -0.2) is 0 Å². The van der Waals surface area contributed by atoms with E-state index in [2.05, 4.69) is 32.1 Å². The molecule has 1 amide bonds. The van der Waals surface area contributed by atoms with Crippen molar-refractivity contribution in [2.45, 2.75) is 18.4 Å². The molecule has 0 aliphatic carbocycles. The van der Waals surface area contributed by atoms with Gasteiger partial charge in [-0.05, 0) is 35.4 Å². The third-order valence-corrected chi connectivity index (χ3v) is 5.66. The van der Waals surface area contributed by atoms with Crippen LogP contribution in [-0.2, 0) is 4.79 Å². The lowest BCUT2D eigenvalue weighted by atomic mass is 9.90. The van der Waals surface area contributed by atoms with Gasteiger partial charge in [-0.3, -0.25) is 14.5 Å². The van der Waals surface area contributed by atoms with Gasteiger partial charge in [0.05, 0.1) is 6.04 Å². The average molecular weight is 437 g/mol. The number of rotatable bonds is 6. The molecule has 7 nitrogen and oxygen atoms in total. The van der Waals surface area contributed by atoms with Crippen LogP contribution < -0.4 is 16.0 Å². The highest BCUT2D eigenvalue weighted by molar-refractivity contribution is 6.30. The largest absolute Gasteiger partial charge is 0.356 e. The summed E-state index contributed by atoms with van der Waals surface area (Å²) in [6, 6.07) is 17.6. The van der Waals surface area contributed by atoms with Crippen LogP contribution in [0.2, 0.25) is 5.02 Å². The van der Waals surface area contributed by atoms with Gasteiger partial charge in [0.25, 0.3) is 0 Å². The molecule has 160 valence electrons. The van der Waals surface area contributed by atoms with Gasteiger partial charge >= 0.3 is 0 Å². The van der Waals surface area contributed by atoms with Gasteiger partial charge in [0, 0.05) is 55.6 Å². The number of anilines is 1. The summed E-state index contributed by atoms with van der Waals surface area (Å²) in [6.07, 6.45) is 4.15. The highest BCUT2D eigenvalue weighted by atomic mass is 35.5. The molecule has 0 spiro atoms. The summed E-state index contributed by atoms with van der Waals surface area (Å²) in [6.45, 7) is 1.20. The number of carbonyl (C=O) groups excluding carboxylic acids is 1. The molecule has 2 unspecified atom stereocenters. The molecule has 4 rings (SSSR count). The third kappa shape index (κ3) is 5.06. The van der Waals surface area contributed by atoms with E-state index in [4.69, 9.17) is 11.6 Å². The average Bonchev–Trinajstić information content (AvgIpc) is 3.31. The molecule has 1 aliphatic rings. The minimum absolute atomic E-state index is 0.0213. The Morgan fingerprint density at radius 1 is 1.23 bits per heavy atom. The number of fused-ring (bicyclic) bond motifs is 1. The normalized spacial score (nSPS) is 16.9. The number of benzene rings is 2. The van der Waals surface area contributed by atoms with Crippen LogP contribution in [0.25, 0.3) is 0 Å². The fraction of sp³-hybridized carbons (Fsp3) is 0.261. The van der Waals surface area contributed by atoms with E-state index in [0.717, 1.165) is 16.8 Å². The van der Waals surface area contributed by atoms with E-state index >= 15 is 0 Å². The van der Waals surface area contributed by atoms with Crippen molar-refractivity contribution < 1.29 is 4.79 Å². The van der Waals surface area contributed by atoms with E-state index in [1.54, 1.807) is 13.2 Å². The summed E-state index contributed by atoms with van der Waals surface area (Å²) in [5.41, 5.74) is 3.12. The molecule has 2 atom stereocenters. The molecule has 0 saturated heterocycles. The second kappa shape index (κ2) is 9.66. The molecule has 1 aromatic heterocycles. The maximum atomic E-state index is 12.1. The molecule has 2 heterocycles. The Hall–Kier alpha value is -3.32. The van der Waals surface area contributed by atoms with Crippen LogP contribution in [0.1, 0.15) is 29.5 Å². The molecule has 1 aliphatic heterocycles. The highest BCUT2D eigenvalue weighted by Crippen LogP contribution is 2.31. The van der Waals surface area contributed by atoms with Gasteiger partial charge in [0.1, 0.15) is 0 Å². The van der Waals surface area contributed by atoms with Gasteiger partial charge in [-0.15, -0.1) is 0 Å². The lowest BCUT2D eigenvalue weighted by Gasteiger charge is -2.27. The molecule has 0 bridgehead atoms. The SMILES string of the molecule is CN=C(NCC1CC(=O)Nc2ccccc21)NCC(c1ccc(Cl)cc1)n1cccn1. The van der Waals surface area contributed by atoms with Crippen molar-refractivity contribution in [1.29, 1.82) is 0 Å². The van der Waals surface area contributed by atoms with Crippen molar-refractivity contribution in [2.75, 3.05) is 25.5 Å². The van der Waals surface area contributed by atoms with Crippen LogP contribution in [0.5, 0.6) is 0 Å². The summed E-state index contributed by atoms with van der Waals surface area (Å²) in [5, 5.41) is 14.8. The summed E-state index contributed by atoms with van der Waals surface area (Å²) in [7, 11) is 1.74. The van der Waals surface area contributed by atoms with Crippen LogP contribution in [-0.4, -0.2) is 41.8 Å². The molecular formula is C23H25ClN6O. The number of halogens is 1. The Morgan fingerprint density at radius 2 is 2.03 bits per heavy atom. The van der Waals surface area contributed by atoms with E-state index in [1.165, 1.54) is 0 Å². The number of hydrogen-bond donors (Lipinski definition) is 3. The zero-order valence-electron chi connectivity index (χ0n) is 17.3. The summed E-state index contributed by atoms with van der Waals surface area (Å²) in [5.74, 6) is 0.797. The van der Waals surface area contributed by atoms with E-state index in [-0.39, 0.29) is 17.9 Å². The number of amides is 1. The smallest absolute Gasteiger partial charge is 0.225 e. The first-order valence-electron chi connectivity index (χ1n) is 10.2. The van der Waals surface area contributed by atoms with Crippen LogP contribution >= 0.6 is 11.6 Å². The third-order valence-electron chi connectivity index (χ3n) is 5.41. The van der Waals surface area contributed by atoms with Crippen molar-refractivity contribution in [1.82, 2.24) is 20.4 Å². The Bertz CT molecular complexity index is 1050. The predicted molar refractivity (Wildman–Crippen MR) is 124 cm³/mol. The lowest BCUT2D eigenvalue weighted by molar-refractivity contribution is -0.116. The minimum atomic E-state index is -0.0213. The fourth-order valence-electron chi connectivity index (χ4n) is 3.83. The van der Waals surface area contributed by atoms with Gasteiger partial charge in [0.15, 0.2) is 5.96 Å². The first-order chi connectivity index (χ1) is 15.1. The zero-order valence-corrected chi connectivity index (χ0v) is 18.0. The van der Waals surface area contributed by atoms with E-state index < -0.39 is 0 Å². The van der Waals surface area contributed by atoms with E-state index in [0.29, 0.717) is 30.5 Å². The minimum Gasteiger partial charge on any atom is -0.356 e. The molecule has 2 aromatic carbocycles. The molecule has 31 heavy (non-hydrogen) atoms.